The van der Waals surface area contributed by atoms with Crippen molar-refractivity contribution in [3.05, 3.63) is 29.8 Å². The summed E-state index contributed by atoms with van der Waals surface area (Å²) < 4.78 is 4.50. The van der Waals surface area contributed by atoms with E-state index in [1.165, 1.54) is 18.9 Å². The third-order valence-corrected chi connectivity index (χ3v) is 3.42. The van der Waals surface area contributed by atoms with Crippen LogP contribution in [-0.2, 0) is 14.3 Å². The number of methoxy groups -OCH3 is 1. The van der Waals surface area contributed by atoms with Gasteiger partial charge in [-0.2, -0.15) is 5.26 Å². The predicted octanol–water partition coefficient (Wildman–Crippen LogP) is 1.79. The quantitative estimate of drug-likeness (QED) is 0.831. The van der Waals surface area contributed by atoms with Crippen molar-refractivity contribution in [2.75, 3.05) is 18.2 Å². The highest BCUT2D eigenvalue weighted by Crippen LogP contribution is 2.15. The molecule has 0 aliphatic carbocycles. The van der Waals surface area contributed by atoms with Gasteiger partial charge in [-0.25, -0.2) is 0 Å². The highest BCUT2D eigenvalue weighted by Gasteiger charge is 2.15. The van der Waals surface area contributed by atoms with Gasteiger partial charge in [0.15, 0.2) is 0 Å². The molecule has 100 valence electrons. The summed E-state index contributed by atoms with van der Waals surface area (Å²) in [5, 5.41) is 11.1. The van der Waals surface area contributed by atoms with Gasteiger partial charge in [0, 0.05) is 5.69 Å². The molecule has 1 aromatic carbocycles. The van der Waals surface area contributed by atoms with E-state index in [0.29, 0.717) is 11.3 Å². The van der Waals surface area contributed by atoms with Crippen molar-refractivity contribution < 1.29 is 14.3 Å². The standard InChI is InChI=1S/C13H14N2O3S/c1-9(19-8-12(16)18-2)13(17)15-11-5-3-4-10(6-11)7-14/h3-6,9H,8H2,1-2H3,(H,15,17). The van der Waals surface area contributed by atoms with Crippen LogP contribution in [0.2, 0.25) is 0 Å². The molecular formula is C13H14N2O3S. The van der Waals surface area contributed by atoms with E-state index in [9.17, 15) is 9.59 Å². The summed E-state index contributed by atoms with van der Waals surface area (Å²) in [7, 11) is 1.31. The number of thioether (sulfide) groups is 1. The van der Waals surface area contributed by atoms with Crippen molar-refractivity contribution >= 4 is 29.3 Å². The summed E-state index contributed by atoms with van der Waals surface area (Å²) >= 11 is 1.19. The molecule has 0 bridgehead atoms. The number of amides is 1. The van der Waals surface area contributed by atoms with Crippen LogP contribution in [0.25, 0.3) is 0 Å². The van der Waals surface area contributed by atoms with Crippen molar-refractivity contribution in [3.8, 4) is 6.07 Å². The molecule has 0 radical (unpaired) electrons. The Kier molecular flexibility index (Phi) is 5.90. The van der Waals surface area contributed by atoms with E-state index < -0.39 is 0 Å². The summed E-state index contributed by atoms with van der Waals surface area (Å²) in [5.74, 6) is -0.455. The van der Waals surface area contributed by atoms with Gasteiger partial charge in [0.2, 0.25) is 5.91 Å². The van der Waals surface area contributed by atoms with Crippen LogP contribution in [0.3, 0.4) is 0 Å². The maximum absolute atomic E-state index is 11.8. The van der Waals surface area contributed by atoms with Crippen molar-refractivity contribution in [1.29, 1.82) is 5.26 Å². The molecule has 1 rings (SSSR count). The van der Waals surface area contributed by atoms with Crippen molar-refractivity contribution in [1.82, 2.24) is 0 Å². The Bertz CT molecular complexity index is 511. The highest BCUT2D eigenvalue weighted by atomic mass is 32.2. The molecule has 0 spiro atoms. The van der Waals surface area contributed by atoms with Crippen LogP contribution < -0.4 is 5.32 Å². The Morgan fingerprint density at radius 1 is 1.53 bits per heavy atom. The van der Waals surface area contributed by atoms with Gasteiger partial charge in [-0.15, -0.1) is 11.8 Å². The molecule has 0 aliphatic rings. The lowest BCUT2D eigenvalue weighted by Gasteiger charge is -2.11. The second-order valence-corrected chi connectivity index (χ2v) is 5.04. The van der Waals surface area contributed by atoms with Crippen LogP contribution in [0, 0.1) is 11.3 Å². The number of carbonyl (C=O) groups is 2. The molecular weight excluding hydrogens is 264 g/mol. The maximum Gasteiger partial charge on any atom is 0.315 e. The minimum atomic E-state index is -0.384. The minimum absolute atomic E-state index is 0.128. The molecule has 0 saturated heterocycles. The fourth-order valence-corrected chi connectivity index (χ4v) is 1.95. The summed E-state index contributed by atoms with van der Waals surface area (Å²) in [6, 6.07) is 8.65. The van der Waals surface area contributed by atoms with Crippen LogP contribution in [0.1, 0.15) is 12.5 Å². The monoisotopic (exact) mass is 278 g/mol. The van der Waals surface area contributed by atoms with Gasteiger partial charge in [0.25, 0.3) is 0 Å². The van der Waals surface area contributed by atoms with E-state index in [4.69, 9.17) is 5.26 Å². The number of ether oxygens (including phenoxy) is 1. The predicted molar refractivity (Wildman–Crippen MR) is 73.7 cm³/mol. The van der Waals surface area contributed by atoms with Crippen LogP contribution in [0.4, 0.5) is 5.69 Å². The fourth-order valence-electron chi connectivity index (χ4n) is 1.24. The molecule has 0 aliphatic heterocycles. The molecule has 0 heterocycles. The number of hydrogen-bond donors (Lipinski definition) is 1. The van der Waals surface area contributed by atoms with E-state index in [1.54, 1.807) is 31.2 Å². The van der Waals surface area contributed by atoms with Gasteiger partial charge in [-0.05, 0) is 25.1 Å². The smallest absolute Gasteiger partial charge is 0.315 e. The number of hydrogen-bond acceptors (Lipinski definition) is 5. The van der Waals surface area contributed by atoms with E-state index in [-0.39, 0.29) is 22.9 Å². The average molecular weight is 278 g/mol. The van der Waals surface area contributed by atoms with Crippen molar-refractivity contribution in [3.63, 3.8) is 0 Å². The second kappa shape index (κ2) is 7.44. The Labute approximate surface area is 115 Å². The highest BCUT2D eigenvalue weighted by molar-refractivity contribution is 8.01. The molecule has 0 fully saturated rings. The third-order valence-electron chi connectivity index (χ3n) is 2.31. The Morgan fingerprint density at radius 3 is 2.89 bits per heavy atom. The lowest BCUT2D eigenvalue weighted by atomic mass is 10.2. The first-order chi connectivity index (χ1) is 9.06. The first-order valence-electron chi connectivity index (χ1n) is 5.56. The number of esters is 1. The molecule has 1 amide bonds. The van der Waals surface area contributed by atoms with Crippen LogP contribution >= 0.6 is 11.8 Å². The average Bonchev–Trinajstić information content (AvgIpc) is 2.44. The largest absolute Gasteiger partial charge is 0.468 e. The zero-order chi connectivity index (χ0) is 14.3. The Hall–Kier alpha value is -2.00. The number of nitriles is 1. The first-order valence-corrected chi connectivity index (χ1v) is 6.61. The lowest BCUT2D eigenvalue weighted by molar-refractivity contribution is -0.137. The third kappa shape index (κ3) is 5.02. The zero-order valence-corrected chi connectivity index (χ0v) is 11.5. The molecule has 6 heteroatoms. The van der Waals surface area contributed by atoms with E-state index in [0.717, 1.165) is 0 Å². The minimum Gasteiger partial charge on any atom is -0.468 e. The molecule has 0 aromatic heterocycles. The number of nitrogens with zero attached hydrogens (tertiary/aromatic N) is 1. The summed E-state index contributed by atoms with van der Waals surface area (Å²) in [4.78, 5) is 22.8. The number of anilines is 1. The van der Waals surface area contributed by atoms with E-state index in [2.05, 4.69) is 10.1 Å². The SMILES string of the molecule is COC(=O)CSC(C)C(=O)Nc1cccc(C#N)c1. The van der Waals surface area contributed by atoms with Crippen LogP contribution in [0.15, 0.2) is 24.3 Å². The van der Waals surface area contributed by atoms with Crippen LogP contribution in [-0.4, -0.2) is 30.0 Å². The molecule has 19 heavy (non-hydrogen) atoms. The molecule has 0 saturated carbocycles. The van der Waals surface area contributed by atoms with Gasteiger partial charge in [0.1, 0.15) is 0 Å². The van der Waals surface area contributed by atoms with Gasteiger partial charge in [0.05, 0.1) is 29.7 Å². The second-order valence-electron chi connectivity index (χ2n) is 3.71. The molecule has 5 nitrogen and oxygen atoms in total. The first kappa shape index (κ1) is 15.1. The lowest BCUT2D eigenvalue weighted by Crippen LogP contribution is -2.23. The summed E-state index contributed by atoms with van der Waals surface area (Å²) in [5.41, 5.74) is 1.04. The summed E-state index contributed by atoms with van der Waals surface area (Å²) in [6.45, 7) is 1.71. The Morgan fingerprint density at radius 2 is 2.26 bits per heavy atom. The van der Waals surface area contributed by atoms with Gasteiger partial charge in [-0.3, -0.25) is 9.59 Å². The molecule has 1 N–H and O–H groups in total. The van der Waals surface area contributed by atoms with Crippen LogP contribution in [0.5, 0.6) is 0 Å². The topological polar surface area (TPSA) is 79.2 Å². The van der Waals surface area contributed by atoms with Crippen molar-refractivity contribution in [2.45, 2.75) is 12.2 Å². The fraction of sp³-hybridized carbons (Fsp3) is 0.308. The number of rotatable bonds is 5. The maximum atomic E-state index is 11.8. The molecule has 1 aromatic rings. The summed E-state index contributed by atoms with van der Waals surface area (Å²) in [6.07, 6.45) is 0. The van der Waals surface area contributed by atoms with E-state index in [1.807, 2.05) is 6.07 Å². The number of benzene rings is 1. The number of nitrogens with one attached hydrogen (secondary N) is 1. The number of carbonyl (C=O) groups excluding carboxylic acids is 2. The molecule has 1 unspecified atom stereocenters. The Balaban J connectivity index is 2.54. The molecule has 1 atom stereocenters. The van der Waals surface area contributed by atoms with Gasteiger partial charge >= 0.3 is 5.97 Å². The zero-order valence-electron chi connectivity index (χ0n) is 10.7. The van der Waals surface area contributed by atoms with E-state index >= 15 is 0 Å². The normalized spacial score (nSPS) is 11.2. The van der Waals surface area contributed by atoms with Crippen molar-refractivity contribution in [2.24, 2.45) is 0 Å². The van der Waals surface area contributed by atoms with Gasteiger partial charge in [-0.1, -0.05) is 6.07 Å². The van der Waals surface area contributed by atoms with Gasteiger partial charge < -0.3 is 10.1 Å².